The molecule has 1 aromatic heterocycles. The molecule has 2 rings (SSSR count). The topological polar surface area (TPSA) is 55.1 Å². The molecule has 0 aliphatic rings. The first-order valence-electron chi connectivity index (χ1n) is 3.94. The standard InChI is InChI=1S/C9H7BrN2O2/c1-12-4-6-2-5(9(13)14)3-7(10)8(6)11-12/h2-4H,1H3,(H,13,14). The van der Waals surface area contributed by atoms with Crippen molar-refractivity contribution in [3.05, 3.63) is 28.4 Å². The summed E-state index contributed by atoms with van der Waals surface area (Å²) in [6, 6.07) is 3.16. The molecule has 0 fully saturated rings. The van der Waals surface area contributed by atoms with E-state index in [-0.39, 0.29) is 5.56 Å². The number of fused-ring (bicyclic) bond motifs is 1. The summed E-state index contributed by atoms with van der Waals surface area (Å²) in [6.07, 6.45) is 1.78. The van der Waals surface area contributed by atoms with Crippen molar-refractivity contribution in [3.8, 4) is 0 Å². The second kappa shape index (κ2) is 3.09. The van der Waals surface area contributed by atoms with Gasteiger partial charge in [0.15, 0.2) is 0 Å². The molecule has 1 heterocycles. The number of benzene rings is 1. The third-order valence-corrected chi connectivity index (χ3v) is 2.53. The number of aryl methyl sites for hydroxylation is 1. The fourth-order valence-corrected chi connectivity index (χ4v) is 1.89. The number of hydrogen-bond acceptors (Lipinski definition) is 2. The van der Waals surface area contributed by atoms with Crippen molar-refractivity contribution in [2.75, 3.05) is 0 Å². The molecule has 2 aromatic rings. The van der Waals surface area contributed by atoms with Gasteiger partial charge in [-0.1, -0.05) is 0 Å². The van der Waals surface area contributed by atoms with Crippen LogP contribution in [0.25, 0.3) is 10.9 Å². The molecule has 0 aliphatic heterocycles. The van der Waals surface area contributed by atoms with Crippen LogP contribution in [-0.2, 0) is 7.05 Å². The van der Waals surface area contributed by atoms with E-state index in [0.29, 0.717) is 4.47 Å². The molecule has 4 nitrogen and oxygen atoms in total. The molecule has 0 radical (unpaired) electrons. The number of carboxylic acid groups (broad SMARTS) is 1. The minimum Gasteiger partial charge on any atom is -0.478 e. The maximum atomic E-state index is 10.8. The summed E-state index contributed by atoms with van der Waals surface area (Å²) >= 11 is 3.29. The van der Waals surface area contributed by atoms with Gasteiger partial charge in [0.05, 0.1) is 5.56 Å². The van der Waals surface area contributed by atoms with Crippen LogP contribution in [0.1, 0.15) is 10.4 Å². The van der Waals surface area contributed by atoms with E-state index in [9.17, 15) is 4.79 Å². The molecule has 72 valence electrons. The third-order valence-electron chi connectivity index (χ3n) is 1.92. The summed E-state index contributed by atoms with van der Waals surface area (Å²) in [5.74, 6) is -0.934. The lowest BCUT2D eigenvalue weighted by Gasteiger charge is -1.96. The Morgan fingerprint density at radius 1 is 1.57 bits per heavy atom. The highest BCUT2D eigenvalue weighted by Gasteiger charge is 2.09. The fraction of sp³-hybridized carbons (Fsp3) is 0.111. The van der Waals surface area contributed by atoms with E-state index in [1.165, 1.54) is 0 Å². The molecule has 5 heteroatoms. The second-order valence-corrected chi connectivity index (χ2v) is 3.86. The highest BCUT2D eigenvalue weighted by molar-refractivity contribution is 9.10. The van der Waals surface area contributed by atoms with Crippen LogP contribution in [0.15, 0.2) is 22.8 Å². The number of aromatic carboxylic acids is 1. The zero-order chi connectivity index (χ0) is 10.3. The van der Waals surface area contributed by atoms with Crippen LogP contribution in [-0.4, -0.2) is 20.9 Å². The van der Waals surface area contributed by atoms with Crippen LogP contribution >= 0.6 is 15.9 Å². The smallest absolute Gasteiger partial charge is 0.335 e. The van der Waals surface area contributed by atoms with Gasteiger partial charge in [0, 0.05) is 23.1 Å². The fourth-order valence-electron chi connectivity index (χ4n) is 1.34. The number of nitrogens with zero attached hydrogens (tertiary/aromatic N) is 2. The van der Waals surface area contributed by atoms with Gasteiger partial charge in [0.25, 0.3) is 0 Å². The van der Waals surface area contributed by atoms with Gasteiger partial charge in [-0.2, -0.15) is 5.10 Å². The Kier molecular flexibility index (Phi) is 2.03. The van der Waals surface area contributed by atoms with Crippen molar-refractivity contribution < 1.29 is 9.90 Å². The van der Waals surface area contributed by atoms with Crippen LogP contribution in [0.3, 0.4) is 0 Å². The minimum atomic E-state index is -0.934. The average Bonchev–Trinajstić information content (AvgIpc) is 2.45. The number of aromatic nitrogens is 2. The van der Waals surface area contributed by atoms with Gasteiger partial charge >= 0.3 is 5.97 Å². The normalized spacial score (nSPS) is 10.7. The summed E-state index contributed by atoms with van der Waals surface area (Å²) in [4.78, 5) is 10.8. The molecule has 0 aliphatic carbocycles. The summed E-state index contributed by atoms with van der Waals surface area (Å²) in [6.45, 7) is 0. The lowest BCUT2D eigenvalue weighted by molar-refractivity contribution is 0.0697. The monoisotopic (exact) mass is 254 g/mol. The number of carboxylic acids is 1. The van der Waals surface area contributed by atoms with Gasteiger partial charge in [-0.3, -0.25) is 4.68 Å². The van der Waals surface area contributed by atoms with Gasteiger partial charge in [-0.25, -0.2) is 4.79 Å². The Morgan fingerprint density at radius 2 is 2.29 bits per heavy atom. The Bertz CT molecular complexity index is 519. The quantitative estimate of drug-likeness (QED) is 0.848. The average molecular weight is 255 g/mol. The maximum absolute atomic E-state index is 10.8. The van der Waals surface area contributed by atoms with E-state index in [1.54, 1.807) is 30.1 Å². The van der Waals surface area contributed by atoms with Gasteiger partial charge in [-0.15, -0.1) is 0 Å². The van der Waals surface area contributed by atoms with E-state index in [1.807, 2.05) is 0 Å². The van der Waals surface area contributed by atoms with Gasteiger partial charge < -0.3 is 5.11 Å². The maximum Gasteiger partial charge on any atom is 0.335 e. The highest BCUT2D eigenvalue weighted by atomic mass is 79.9. The zero-order valence-electron chi connectivity index (χ0n) is 7.36. The minimum absolute atomic E-state index is 0.261. The van der Waals surface area contributed by atoms with Crippen molar-refractivity contribution in [2.45, 2.75) is 0 Å². The molecule has 0 atom stereocenters. The van der Waals surface area contributed by atoms with E-state index >= 15 is 0 Å². The van der Waals surface area contributed by atoms with Crippen molar-refractivity contribution in [2.24, 2.45) is 7.05 Å². The highest BCUT2D eigenvalue weighted by Crippen LogP contribution is 2.24. The van der Waals surface area contributed by atoms with E-state index in [0.717, 1.165) is 10.9 Å². The molecular formula is C9H7BrN2O2. The molecule has 1 N–H and O–H groups in total. The van der Waals surface area contributed by atoms with E-state index in [2.05, 4.69) is 21.0 Å². The van der Waals surface area contributed by atoms with Crippen molar-refractivity contribution in [3.63, 3.8) is 0 Å². The Labute approximate surface area is 88.3 Å². The summed E-state index contributed by atoms with van der Waals surface area (Å²) < 4.78 is 2.36. The summed E-state index contributed by atoms with van der Waals surface area (Å²) in [5, 5.41) is 13.8. The van der Waals surface area contributed by atoms with E-state index < -0.39 is 5.97 Å². The van der Waals surface area contributed by atoms with Crippen molar-refractivity contribution in [1.29, 1.82) is 0 Å². The van der Waals surface area contributed by atoms with Crippen LogP contribution in [0.4, 0.5) is 0 Å². The Morgan fingerprint density at radius 3 is 2.93 bits per heavy atom. The SMILES string of the molecule is Cn1cc2cc(C(=O)O)cc(Br)c2n1. The van der Waals surface area contributed by atoms with Gasteiger partial charge in [-0.05, 0) is 28.1 Å². The zero-order valence-corrected chi connectivity index (χ0v) is 8.95. The summed E-state index contributed by atoms with van der Waals surface area (Å²) in [7, 11) is 1.80. The van der Waals surface area contributed by atoms with Crippen molar-refractivity contribution in [1.82, 2.24) is 9.78 Å². The van der Waals surface area contributed by atoms with Gasteiger partial charge in [0.2, 0.25) is 0 Å². The molecule has 0 saturated heterocycles. The first kappa shape index (κ1) is 9.21. The van der Waals surface area contributed by atoms with E-state index in [4.69, 9.17) is 5.11 Å². The summed E-state index contributed by atoms with van der Waals surface area (Å²) in [5.41, 5.74) is 1.04. The predicted molar refractivity (Wildman–Crippen MR) is 55.4 cm³/mol. The van der Waals surface area contributed by atoms with Crippen LogP contribution in [0, 0.1) is 0 Å². The van der Waals surface area contributed by atoms with Crippen molar-refractivity contribution >= 4 is 32.8 Å². The number of rotatable bonds is 1. The molecule has 0 unspecified atom stereocenters. The Balaban J connectivity index is 2.77. The molecule has 0 bridgehead atoms. The van der Waals surface area contributed by atoms with Gasteiger partial charge in [0.1, 0.15) is 5.52 Å². The molecule has 1 aromatic carbocycles. The van der Waals surface area contributed by atoms with Crippen LogP contribution in [0.2, 0.25) is 0 Å². The third kappa shape index (κ3) is 1.39. The first-order chi connectivity index (χ1) is 6.58. The second-order valence-electron chi connectivity index (χ2n) is 3.00. The first-order valence-corrected chi connectivity index (χ1v) is 4.73. The predicted octanol–water partition coefficient (Wildman–Crippen LogP) is 2.03. The Hall–Kier alpha value is -1.36. The molecule has 14 heavy (non-hydrogen) atoms. The molecule has 0 spiro atoms. The molecular weight excluding hydrogens is 248 g/mol. The number of carbonyl (C=O) groups is 1. The number of halogens is 1. The lowest BCUT2D eigenvalue weighted by Crippen LogP contribution is -1.95. The lowest BCUT2D eigenvalue weighted by atomic mass is 10.2. The largest absolute Gasteiger partial charge is 0.478 e. The van der Waals surface area contributed by atoms with Crippen LogP contribution < -0.4 is 0 Å². The molecule has 0 amide bonds. The van der Waals surface area contributed by atoms with Crippen LogP contribution in [0.5, 0.6) is 0 Å². The number of hydrogen-bond donors (Lipinski definition) is 1. The molecule has 0 saturated carbocycles.